The second-order valence-corrected chi connectivity index (χ2v) is 3.25. The Morgan fingerprint density at radius 3 is 2.06 bits per heavy atom. The molecule has 104 valence electrons. The molecule has 0 aromatic heterocycles. The van der Waals surface area contributed by atoms with Crippen molar-refractivity contribution in [3.63, 3.8) is 0 Å². The van der Waals surface area contributed by atoms with Gasteiger partial charge in [0.2, 0.25) is 0 Å². The molecule has 0 N–H and O–H groups in total. The first-order valence-corrected chi connectivity index (χ1v) is 5.79. The van der Waals surface area contributed by atoms with Gasteiger partial charge < -0.3 is 18.9 Å². The SMILES string of the molecule is CCCOCCOCCOC(=O)/C=C\C(=O)OC. The fraction of sp³-hybridized carbons (Fsp3) is 0.667. The number of hydrogen-bond donors (Lipinski definition) is 0. The Hall–Kier alpha value is -1.40. The summed E-state index contributed by atoms with van der Waals surface area (Å²) in [5.74, 6) is -1.21. The van der Waals surface area contributed by atoms with Crippen molar-refractivity contribution in [1.82, 2.24) is 0 Å². The van der Waals surface area contributed by atoms with E-state index in [0.717, 1.165) is 25.2 Å². The zero-order valence-corrected chi connectivity index (χ0v) is 10.8. The van der Waals surface area contributed by atoms with Crippen LogP contribution in [0.3, 0.4) is 0 Å². The van der Waals surface area contributed by atoms with Crippen molar-refractivity contribution in [2.45, 2.75) is 13.3 Å². The van der Waals surface area contributed by atoms with Crippen molar-refractivity contribution in [2.75, 3.05) is 40.1 Å². The highest BCUT2D eigenvalue weighted by molar-refractivity contribution is 5.91. The van der Waals surface area contributed by atoms with Gasteiger partial charge in [-0.05, 0) is 6.42 Å². The lowest BCUT2D eigenvalue weighted by atomic mass is 10.5. The summed E-state index contributed by atoms with van der Waals surface area (Å²) in [5, 5.41) is 0. The minimum Gasteiger partial charge on any atom is -0.466 e. The van der Waals surface area contributed by atoms with Gasteiger partial charge in [-0.15, -0.1) is 0 Å². The molecule has 0 bridgehead atoms. The third kappa shape index (κ3) is 11.1. The molecule has 0 aliphatic heterocycles. The molecule has 0 aromatic carbocycles. The Balaban J connectivity index is 3.35. The summed E-state index contributed by atoms with van der Waals surface area (Å²) < 4.78 is 19.4. The van der Waals surface area contributed by atoms with E-state index in [9.17, 15) is 9.59 Å². The van der Waals surface area contributed by atoms with Gasteiger partial charge in [0.15, 0.2) is 0 Å². The summed E-state index contributed by atoms with van der Waals surface area (Å²) in [6.45, 7) is 4.18. The smallest absolute Gasteiger partial charge is 0.331 e. The van der Waals surface area contributed by atoms with Crippen molar-refractivity contribution < 1.29 is 28.5 Å². The minimum absolute atomic E-state index is 0.137. The number of rotatable bonds is 10. The molecule has 0 radical (unpaired) electrons. The lowest BCUT2D eigenvalue weighted by molar-refractivity contribution is -0.140. The van der Waals surface area contributed by atoms with E-state index in [4.69, 9.17) is 14.2 Å². The fourth-order valence-electron chi connectivity index (χ4n) is 0.920. The monoisotopic (exact) mass is 260 g/mol. The van der Waals surface area contributed by atoms with E-state index in [1.165, 1.54) is 7.11 Å². The summed E-state index contributed by atoms with van der Waals surface area (Å²) in [7, 11) is 1.23. The van der Waals surface area contributed by atoms with E-state index >= 15 is 0 Å². The van der Waals surface area contributed by atoms with Gasteiger partial charge in [0.25, 0.3) is 0 Å². The molecule has 0 atom stereocenters. The van der Waals surface area contributed by atoms with Crippen molar-refractivity contribution in [3.05, 3.63) is 12.2 Å². The Morgan fingerprint density at radius 2 is 1.44 bits per heavy atom. The van der Waals surface area contributed by atoms with Crippen LogP contribution >= 0.6 is 0 Å². The molecule has 18 heavy (non-hydrogen) atoms. The number of ether oxygens (including phenoxy) is 4. The Kier molecular flexibility index (Phi) is 11.1. The normalized spacial score (nSPS) is 10.6. The first-order valence-electron chi connectivity index (χ1n) is 5.79. The van der Waals surface area contributed by atoms with Crippen molar-refractivity contribution in [3.8, 4) is 0 Å². The van der Waals surface area contributed by atoms with Gasteiger partial charge in [-0.25, -0.2) is 9.59 Å². The minimum atomic E-state index is -0.605. The van der Waals surface area contributed by atoms with Gasteiger partial charge in [-0.2, -0.15) is 0 Å². The molecular weight excluding hydrogens is 240 g/mol. The molecule has 0 fully saturated rings. The highest BCUT2D eigenvalue weighted by Crippen LogP contribution is 1.86. The predicted molar refractivity (Wildman–Crippen MR) is 64.0 cm³/mol. The summed E-state index contributed by atoms with van der Waals surface area (Å²) in [6.07, 6.45) is 2.99. The maximum atomic E-state index is 11.0. The maximum absolute atomic E-state index is 11.0. The first kappa shape index (κ1) is 16.6. The maximum Gasteiger partial charge on any atom is 0.331 e. The molecule has 0 saturated heterocycles. The molecule has 0 heterocycles. The van der Waals surface area contributed by atoms with Crippen LogP contribution in [0.1, 0.15) is 13.3 Å². The van der Waals surface area contributed by atoms with Crippen molar-refractivity contribution in [1.29, 1.82) is 0 Å². The van der Waals surface area contributed by atoms with Gasteiger partial charge in [0, 0.05) is 18.8 Å². The highest BCUT2D eigenvalue weighted by atomic mass is 16.6. The summed E-state index contributed by atoms with van der Waals surface area (Å²) in [6, 6.07) is 0. The van der Waals surface area contributed by atoms with Crippen LogP contribution in [0.4, 0.5) is 0 Å². The van der Waals surface area contributed by atoms with Gasteiger partial charge in [-0.3, -0.25) is 0 Å². The topological polar surface area (TPSA) is 71.1 Å². The lowest BCUT2D eigenvalue weighted by Gasteiger charge is -2.05. The number of carbonyl (C=O) groups excluding carboxylic acids is 2. The summed E-state index contributed by atoms with van der Waals surface area (Å²) >= 11 is 0. The molecule has 0 unspecified atom stereocenters. The summed E-state index contributed by atoms with van der Waals surface area (Å²) in [5.41, 5.74) is 0. The van der Waals surface area contributed by atoms with Crippen LogP contribution in [0, 0.1) is 0 Å². The molecule has 6 nitrogen and oxygen atoms in total. The molecule has 0 amide bonds. The van der Waals surface area contributed by atoms with Gasteiger partial charge in [-0.1, -0.05) is 6.92 Å². The highest BCUT2D eigenvalue weighted by Gasteiger charge is 1.99. The Bertz CT molecular complexity index is 261. The van der Waals surface area contributed by atoms with Crippen LogP contribution in [-0.4, -0.2) is 52.1 Å². The van der Waals surface area contributed by atoms with E-state index in [1.807, 2.05) is 6.92 Å². The largest absolute Gasteiger partial charge is 0.466 e. The van der Waals surface area contributed by atoms with E-state index in [1.54, 1.807) is 0 Å². The van der Waals surface area contributed by atoms with Crippen LogP contribution < -0.4 is 0 Å². The van der Waals surface area contributed by atoms with Crippen LogP contribution in [0.25, 0.3) is 0 Å². The molecule has 0 rings (SSSR count). The fourth-order valence-corrected chi connectivity index (χ4v) is 0.920. The first-order chi connectivity index (χ1) is 8.70. The zero-order valence-electron chi connectivity index (χ0n) is 10.8. The second kappa shape index (κ2) is 12.1. The average Bonchev–Trinajstić information content (AvgIpc) is 2.39. The average molecular weight is 260 g/mol. The quantitative estimate of drug-likeness (QED) is 0.327. The number of methoxy groups -OCH3 is 1. The van der Waals surface area contributed by atoms with Crippen molar-refractivity contribution in [2.24, 2.45) is 0 Å². The van der Waals surface area contributed by atoms with E-state index in [0.29, 0.717) is 19.8 Å². The van der Waals surface area contributed by atoms with Crippen LogP contribution in [-0.2, 0) is 28.5 Å². The van der Waals surface area contributed by atoms with E-state index < -0.39 is 11.9 Å². The Labute approximate surface area is 107 Å². The molecule has 0 aliphatic carbocycles. The molecule has 6 heteroatoms. The number of carbonyl (C=O) groups is 2. The molecule has 0 saturated carbocycles. The molecule has 0 aromatic rings. The molecular formula is C12H20O6. The van der Waals surface area contributed by atoms with E-state index in [2.05, 4.69) is 4.74 Å². The van der Waals surface area contributed by atoms with Crippen LogP contribution in [0.15, 0.2) is 12.2 Å². The van der Waals surface area contributed by atoms with Gasteiger partial charge in [0.1, 0.15) is 6.61 Å². The van der Waals surface area contributed by atoms with Gasteiger partial charge >= 0.3 is 11.9 Å². The molecule has 0 aliphatic rings. The van der Waals surface area contributed by atoms with E-state index in [-0.39, 0.29) is 6.61 Å². The molecule has 0 spiro atoms. The standard InChI is InChI=1S/C12H20O6/c1-3-6-16-7-8-17-9-10-18-12(14)5-4-11(13)15-2/h4-5H,3,6-10H2,1-2H3/b5-4-. The number of esters is 2. The van der Waals surface area contributed by atoms with Crippen LogP contribution in [0.5, 0.6) is 0 Å². The third-order valence-electron chi connectivity index (χ3n) is 1.75. The lowest BCUT2D eigenvalue weighted by Crippen LogP contribution is -2.12. The van der Waals surface area contributed by atoms with Crippen molar-refractivity contribution >= 4 is 11.9 Å². The predicted octanol–water partition coefficient (Wildman–Crippen LogP) is 0.702. The van der Waals surface area contributed by atoms with Gasteiger partial charge in [0.05, 0.1) is 26.9 Å². The Morgan fingerprint density at radius 1 is 0.889 bits per heavy atom. The number of hydrogen-bond acceptors (Lipinski definition) is 6. The summed E-state index contributed by atoms with van der Waals surface area (Å²) in [4.78, 5) is 21.7. The van der Waals surface area contributed by atoms with Crippen LogP contribution in [0.2, 0.25) is 0 Å². The second-order valence-electron chi connectivity index (χ2n) is 3.25. The third-order valence-corrected chi connectivity index (χ3v) is 1.75. The zero-order chi connectivity index (χ0) is 13.6.